The van der Waals surface area contributed by atoms with Crippen molar-refractivity contribution >= 4 is 58.6 Å². The average molecular weight is 793 g/mol. The Morgan fingerprint density at radius 3 is 2.12 bits per heavy atom. The molecule has 9 rings (SSSR count). The minimum Gasteiger partial charge on any atom is -0.369 e. The normalized spacial score (nSPS) is 23.9. The summed E-state index contributed by atoms with van der Waals surface area (Å²) in [7, 11) is 0. The number of carbonyl (C=O) groups is 4. The fraction of sp³-hybridized carbons (Fsp3) is 0.523. The number of rotatable bonds is 7. The van der Waals surface area contributed by atoms with Crippen molar-refractivity contribution in [3.8, 4) is 0 Å². The van der Waals surface area contributed by atoms with Gasteiger partial charge in [0.15, 0.2) is 6.29 Å². The molecule has 12 nitrogen and oxygen atoms in total. The number of halogens is 1. The lowest BCUT2D eigenvalue weighted by atomic mass is 9.60. The third-order valence-electron chi connectivity index (χ3n) is 14.2. The van der Waals surface area contributed by atoms with E-state index in [1.54, 1.807) is 11.1 Å². The van der Waals surface area contributed by atoms with E-state index in [9.17, 15) is 19.2 Å². The first kappa shape index (κ1) is 37.9. The van der Waals surface area contributed by atoms with Gasteiger partial charge in [-0.3, -0.25) is 29.5 Å². The molecule has 1 N–H and O–H groups in total. The van der Waals surface area contributed by atoms with Crippen molar-refractivity contribution in [1.29, 1.82) is 0 Å². The monoisotopic (exact) mass is 792 g/mol. The van der Waals surface area contributed by atoms with E-state index in [4.69, 9.17) is 16.6 Å². The predicted octanol–water partition coefficient (Wildman–Crippen LogP) is 6.09. The van der Waals surface area contributed by atoms with E-state index in [1.807, 2.05) is 47.4 Å². The van der Waals surface area contributed by atoms with Crippen molar-refractivity contribution in [2.24, 2.45) is 10.8 Å². The summed E-state index contributed by atoms with van der Waals surface area (Å²) in [6.45, 7) is 11.2. The molecule has 5 aliphatic heterocycles. The summed E-state index contributed by atoms with van der Waals surface area (Å²) in [5.74, 6) is 0.820. The van der Waals surface area contributed by atoms with Gasteiger partial charge in [0.25, 0.3) is 5.91 Å². The van der Waals surface area contributed by atoms with Crippen molar-refractivity contribution in [2.75, 3.05) is 85.0 Å². The molecular formula is C44H53ClN8O4. The Kier molecular flexibility index (Phi) is 10.1. The van der Waals surface area contributed by atoms with E-state index >= 15 is 0 Å². The molecular weight excluding hydrogens is 740 g/mol. The van der Waals surface area contributed by atoms with E-state index in [-0.39, 0.29) is 23.3 Å². The summed E-state index contributed by atoms with van der Waals surface area (Å²) < 4.78 is 0. The van der Waals surface area contributed by atoms with Gasteiger partial charge in [-0.1, -0.05) is 11.6 Å². The van der Waals surface area contributed by atoms with Gasteiger partial charge in [0.1, 0.15) is 5.82 Å². The minimum atomic E-state index is -0.353. The van der Waals surface area contributed by atoms with Gasteiger partial charge in [-0.25, -0.2) is 9.78 Å². The summed E-state index contributed by atoms with van der Waals surface area (Å²) in [5.41, 5.74) is 4.87. The first-order valence-electron chi connectivity index (χ1n) is 20.8. The van der Waals surface area contributed by atoms with Crippen molar-refractivity contribution in [2.45, 2.75) is 70.4 Å². The molecule has 5 saturated heterocycles. The highest BCUT2D eigenvalue weighted by molar-refractivity contribution is 6.33. The van der Waals surface area contributed by atoms with Crippen molar-refractivity contribution < 1.29 is 19.2 Å². The van der Waals surface area contributed by atoms with Gasteiger partial charge in [0, 0.05) is 113 Å². The Balaban J connectivity index is 0.708. The quantitative estimate of drug-likeness (QED) is 0.285. The van der Waals surface area contributed by atoms with E-state index < -0.39 is 0 Å². The van der Waals surface area contributed by atoms with E-state index in [0.717, 1.165) is 120 Å². The molecule has 1 saturated carbocycles. The predicted molar refractivity (Wildman–Crippen MR) is 223 cm³/mol. The van der Waals surface area contributed by atoms with E-state index in [1.165, 1.54) is 12.8 Å². The Bertz CT molecular complexity index is 1990. The lowest BCUT2D eigenvalue weighted by Gasteiger charge is -2.56. The molecule has 0 bridgehead atoms. The van der Waals surface area contributed by atoms with Crippen LogP contribution in [-0.4, -0.2) is 116 Å². The van der Waals surface area contributed by atoms with E-state index in [2.05, 4.69) is 44.0 Å². The number of hydrogen-bond donors (Lipinski definition) is 1. The van der Waals surface area contributed by atoms with Crippen LogP contribution in [-0.2, 0) is 4.79 Å². The molecule has 0 unspecified atom stereocenters. The van der Waals surface area contributed by atoms with Crippen LogP contribution in [0.5, 0.6) is 0 Å². The first-order valence-corrected chi connectivity index (χ1v) is 21.2. The number of amides is 4. The number of pyridine rings is 1. The van der Waals surface area contributed by atoms with Gasteiger partial charge in [0.2, 0.25) is 5.91 Å². The number of urea groups is 1. The molecule has 2 aromatic carbocycles. The molecule has 6 heterocycles. The molecule has 13 heteroatoms. The molecule has 4 amide bonds. The lowest BCUT2D eigenvalue weighted by molar-refractivity contribution is -0.120. The van der Waals surface area contributed by atoms with Crippen LogP contribution in [0.15, 0.2) is 60.8 Å². The minimum absolute atomic E-state index is 0.0946. The zero-order chi connectivity index (χ0) is 39.3. The highest BCUT2D eigenvalue weighted by atomic mass is 35.5. The Morgan fingerprint density at radius 2 is 1.47 bits per heavy atom. The third kappa shape index (κ3) is 7.46. The second kappa shape index (κ2) is 15.2. The van der Waals surface area contributed by atoms with Crippen molar-refractivity contribution in [1.82, 2.24) is 20.1 Å². The highest BCUT2D eigenvalue weighted by Gasteiger charge is 2.49. The number of benzene rings is 2. The molecule has 1 aromatic heterocycles. The molecule has 1 aliphatic carbocycles. The maximum absolute atomic E-state index is 13.6. The van der Waals surface area contributed by atoms with Crippen LogP contribution in [0, 0.1) is 10.8 Å². The number of nitrogens with one attached hydrogen (secondary N) is 1. The van der Waals surface area contributed by atoms with Gasteiger partial charge in [0.05, 0.1) is 10.6 Å². The number of piperazine rings is 1. The molecule has 300 valence electrons. The fourth-order valence-corrected chi connectivity index (χ4v) is 10.9. The standard InChI is InChI=1S/C44H53ClN8O4/c1-31-25-44(30-53(31)36-4-2-33(29-54)38(45)24-36)13-16-50(17-14-44)39-9-3-32(28-46-39)41(56)51-18-11-43(12-19-51)26-37(27-43)49-22-20-48(21-23-49)34-5-7-35(8-6-34)52-15-10-40(55)47-42(52)57/h2-9,24,28-29,31,37H,10-23,25-27,30H2,1H3,(H,47,55,57)/t31-/m0/s1. The zero-order valence-corrected chi connectivity index (χ0v) is 33.6. The van der Waals surface area contributed by atoms with Gasteiger partial charge in [-0.2, -0.15) is 0 Å². The molecule has 57 heavy (non-hydrogen) atoms. The summed E-state index contributed by atoms with van der Waals surface area (Å²) in [6, 6.07) is 18.5. The Hall–Kier alpha value is -4.68. The molecule has 6 aliphatic rings. The lowest BCUT2D eigenvalue weighted by Crippen LogP contribution is -2.59. The van der Waals surface area contributed by atoms with Crippen molar-refractivity contribution in [3.63, 3.8) is 0 Å². The number of imide groups is 1. The number of likely N-dealkylation sites (tertiary alicyclic amines) is 1. The summed E-state index contributed by atoms with van der Waals surface area (Å²) in [6.07, 6.45) is 10.8. The van der Waals surface area contributed by atoms with Crippen LogP contribution in [0.25, 0.3) is 0 Å². The molecule has 1 atom stereocenters. The van der Waals surface area contributed by atoms with Crippen LogP contribution in [0.4, 0.5) is 27.7 Å². The third-order valence-corrected chi connectivity index (χ3v) is 14.5. The van der Waals surface area contributed by atoms with Crippen LogP contribution in [0.3, 0.4) is 0 Å². The van der Waals surface area contributed by atoms with E-state index in [0.29, 0.717) is 46.6 Å². The van der Waals surface area contributed by atoms with Gasteiger partial charge in [-0.05, 0) is 117 Å². The zero-order valence-electron chi connectivity index (χ0n) is 32.9. The van der Waals surface area contributed by atoms with Gasteiger partial charge >= 0.3 is 6.03 Å². The molecule has 2 spiro atoms. The number of nitrogens with zero attached hydrogens (tertiary/aromatic N) is 7. The number of aromatic nitrogens is 1. The maximum Gasteiger partial charge on any atom is 0.328 e. The highest BCUT2D eigenvalue weighted by Crippen LogP contribution is 2.51. The van der Waals surface area contributed by atoms with Crippen LogP contribution in [0.1, 0.15) is 79.0 Å². The average Bonchev–Trinajstić information content (AvgIpc) is 3.55. The van der Waals surface area contributed by atoms with Crippen LogP contribution >= 0.6 is 11.6 Å². The Morgan fingerprint density at radius 1 is 0.789 bits per heavy atom. The fourth-order valence-electron chi connectivity index (χ4n) is 10.7. The number of hydrogen-bond acceptors (Lipinski definition) is 9. The van der Waals surface area contributed by atoms with Crippen LogP contribution < -0.4 is 24.9 Å². The molecule has 0 radical (unpaired) electrons. The number of aldehydes is 1. The Labute approximate surface area is 340 Å². The second-order valence-corrected chi connectivity index (χ2v) is 18.0. The topological polar surface area (TPSA) is 113 Å². The van der Waals surface area contributed by atoms with Crippen molar-refractivity contribution in [3.05, 3.63) is 76.9 Å². The molecule has 6 fully saturated rings. The first-order chi connectivity index (χ1) is 27.6. The summed E-state index contributed by atoms with van der Waals surface area (Å²) >= 11 is 6.37. The SMILES string of the molecule is C[C@H]1CC2(CCN(c3ccc(C(=O)N4CCC5(CC4)CC(N4CCN(c6ccc(N7CCC(=O)NC7=O)cc6)CC4)C5)cn3)CC2)CN1c1ccc(C=O)c(Cl)c1. The smallest absolute Gasteiger partial charge is 0.328 e. The summed E-state index contributed by atoms with van der Waals surface area (Å²) in [5, 5.41) is 2.90. The van der Waals surface area contributed by atoms with Crippen LogP contribution in [0.2, 0.25) is 5.02 Å². The largest absolute Gasteiger partial charge is 0.369 e. The maximum atomic E-state index is 13.6. The second-order valence-electron chi connectivity index (χ2n) is 17.5. The summed E-state index contributed by atoms with van der Waals surface area (Å²) in [4.78, 5) is 66.9. The number of anilines is 4. The van der Waals surface area contributed by atoms with Gasteiger partial charge in [-0.15, -0.1) is 0 Å². The molecule has 3 aromatic rings. The number of carbonyl (C=O) groups excluding carboxylic acids is 4. The number of piperidine rings is 2. The van der Waals surface area contributed by atoms with Gasteiger partial charge < -0.3 is 19.6 Å².